The first-order valence-corrected chi connectivity index (χ1v) is 8.09. The van der Waals surface area contributed by atoms with Crippen LogP contribution in [0.2, 0.25) is 0 Å². The van der Waals surface area contributed by atoms with Gasteiger partial charge in [0.1, 0.15) is 12.9 Å². The third-order valence-corrected chi connectivity index (χ3v) is 4.14. The second-order valence-corrected chi connectivity index (χ2v) is 5.85. The van der Waals surface area contributed by atoms with Gasteiger partial charge in [0.25, 0.3) is 0 Å². The molecule has 0 bridgehead atoms. The summed E-state index contributed by atoms with van der Waals surface area (Å²) in [6, 6.07) is 7.88. The third kappa shape index (κ3) is 4.56. The van der Waals surface area contributed by atoms with Gasteiger partial charge in [-0.1, -0.05) is 29.5 Å². The topological polar surface area (TPSA) is 88.3 Å². The van der Waals surface area contributed by atoms with E-state index in [1.165, 1.54) is 16.7 Å². The number of carboxylic acid groups (broad SMARTS) is 1. The lowest BCUT2D eigenvalue weighted by molar-refractivity contribution is -0.143. The maximum Gasteiger partial charge on any atom is 0.323 e. The van der Waals surface area contributed by atoms with Crippen LogP contribution in [0.4, 0.5) is 0 Å². The first kappa shape index (κ1) is 17.0. The molecule has 1 amide bonds. The molecule has 1 aromatic carbocycles. The molecule has 0 radical (unpaired) electrons. The predicted molar refractivity (Wildman–Crippen MR) is 86.7 cm³/mol. The largest absolute Gasteiger partial charge is 0.480 e. The number of thioether (sulfide) groups is 1. The van der Waals surface area contributed by atoms with Crippen molar-refractivity contribution in [2.45, 2.75) is 19.0 Å². The Morgan fingerprint density at radius 1 is 1.30 bits per heavy atom. The van der Waals surface area contributed by atoms with Crippen molar-refractivity contribution in [3.63, 3.8) is 0 Å². The average molecular weight is 334 g/mol. The van der Waals surface area contributed by atoms with Crippen molar-refractivity contribution in [3.8, 4) is 5.69 Å². The number of amides is 1. The van der Waals surface area contributed by atoms with Crippen LogP contribution in [0.25, 0.3) is 5.69 Å². The summed E-state index contributed by atoms with van der Waals surface area (Å²) in [5, 5.41) is 17.3. The molecule has 23 heavy (non-hydrogen) atoms. The van der Waals surface area contributed by atoms with Gasteiger partial charge >= 0.3 is 5.97 Å². The number of carbonyl (C=O) groups is 2. The van der Waals surface area contributed by atoms with Crippen molar-refractivity contribution >= 4 is 23.6 Å². The molecule has 2 aromatic rings. The smallest absolute Gasteiger partial charge is 0.323 e. The molecule has 1 aromatic heterocycles. The number of hydrogen-bond donors (Lipinski definition) is 1. The van der Waals surface area contributed by atoms with E-state index >= 15 is 0 Å². The van der Waals surface area contributed by atoms with Crippen LogP contribution < -0.4 is 0 Å². The molecule has 0 aliphatic carbocycles. The number of aryl methyl sites for hydroxylation is 1. The highest BCUT2D eigenvalue weighted by atomic mass is 32.2. The second kappa shape index (κ2) is 7.77. The molecule has 0 unspecified atom stereocenters. The molecular formula is C15H18N4O3S. The normalized spacial score (nSPS) is 10.5. The molecule has 0 saturated heterocycles. The first-order valence-electron chi connectivity index (χ1n) is 7.10. The molecule has 1 N–H and O–H groups in total. The van der Waals surface area contributed by atoms with E-state index < -0.39 is 5.97 Å². The van der Waals surface area contributed by atoms with E-state index in [9.17, 15) is 9.59 Å². The van der Waals surface area contributed by atoms with Gasteiger partial charge in [-0.05, 0) is 26.0 Å². The zero-order chi connectivity index (χ0) is 16.8. The maximum atomic E-state index is 12.1. The maximum absolute atomic E-state index is 12.1. The lowest BCUT2D eigenvalue weighted by Crippen LogP contribution is -2.36. The van der Waals surface area contributed by atoms with E-state index in [-0.39, 0.29) is 18.2 Å². The minimum absolute atomic E-state index is 0.117. The van der Waals surface area contributed by atoms with Crippen LogP contribution in [0.1, 0.15) is 12.5 Å². The first-order chi connectivity index (χ1) is 11.0. The SMILES string of the molecule is CCN(CC(=O)O)C(=O)CSc1nncn1-c1ccc(C)cc1. The number of hydrogen-bond acceptors (Lipinski definition) is 5. The quantitative estimate of drug-likeness (QED) is 0.774. The van der Waals surface area contributed by atoms with Crippen molar-refractivity contribution in [1.29, 1.82) is 0 Å². The Kier molecular flexibility index (Phi) is 5.75. The minimum Gasteiger partial charge on any atom is -0.480 e. The van der Waals surface area contributed by atoms with Gasteiger partial charge in [0, 0.05) is 12.2 Å². The Morgan fingerprint density at radius 3 is 2.61 bits per heavy atom. The standard InChI is InChI=1S/C15H18N4O3S/c1-3-18(8-14(21)22)13(20)9-23-15-17-16-10-19(15)12-6-4-11(2)5-7-12/h4-7,10H,3,8-9H2,1-2H3,(H,21,22). The second-order valence-electron chi connectivity index (χ2n) is 4.91. The van der Waals surface area contributed by atoms with Gasteiger partial charge < -0.3 is 10.0 Å². The van der Waals surface area contributed by atoms with Crippen molar-refractivity contribution in [2.75, 3.05) is 18.8 Å². The number of carbonyl (C=O) groups excluding carboxylic acids is 1. The minimum atomic E-state index is -1.02. The molecule has 122 valence electrons. The lowest BCUT2D eigenvalue weighted by atomic mass is 10.2. The molecule has 1 heterocycles. The summed E-state index contributed by atoms with van der Waals surface area (Å²) >= 11 is 1.24. The molecule has 0 saturated carbocycles. The molecule has 8 heteroatoms. The number of benzene rings is 1. The van der Waals surface area contributed by atoms with Gasteiger partial charge in [-0.3, -0.25) is 14.2 Å². The van der Waals surface area contributed by atoms with Crippen LogP contribution in [0.15, 0.2) is 35.7 Å². The average Bonchev–Trinajstić information content (AvgIpc) is 2.99. The Labute approximate surface area is 138 Å². The van der Waals surface area contributed by atoms with Gasteiger partial charge in [0.15, 0.2) is 5.16 Å². The fourth-order valence-electron chi connectivity index (χ4n) is 1.96. The molecule has 7 nitrogen and oxygen atoms in total. The van der Waals surface area contributed by atoms with Gasteiger partial charge in [-0.15, -0.1) is 10.2 Å². The van der Waals surface area contributed by atoms with Crippen LogP contribution in [0.5, 0.6) is 0 Å². The van der Waals surface area contributed by atoms with E-state index in [0.717, 1.165) is 11.3 Å². The summed E-state index contributed by atoms with van der Waals surface area (Å²) in [6.45, 7) is 3.82. The number of aliphatic carboxylic acids is 1. The molecule has 2 rings (SSSR count). The van der Waals surface area contributed by atoms with E-state index in [1.807, 2.05) is 31.2 Å². The van der Waals surface area contributed by atoms with E-state index in [4.69, 9.17) is 5.11 Å². The molecule has 0 aliphatic rings. The summed E-state index contributed by atoms with van der Waals surface area (Å²) in [6.07, 6.45) is 1.59. The highest BCUT2D eigenvalue weighted by molar-refractivity contribution is 7.99. The fourth-order valence-corrected chi connectivity index (χ4v) is 2.79. The van der Waals surface area contributed by atoms with Crippen LogP contribution in [0.3, 0.4) is 0 Å². The Hall–Kier alpha value is -2.35. The predicted octanol–water partition coefficient (Wildman–Crippen LogP) is 1.60. The third-order valence-electron chi connectivity index (χ3n) is 3.21. The van der Waals surface area contributed by atoms with E-state index in [2.05, 4.69) is 10.2 Å². The van der Waals surface area contributed by atoms with Crippen molar-refractivity contribution in [1.82, 2.24) is 19.7 Å². The summed E-state index contributed by atoms with van der Waals surface area (Å²) in [4.78, 5) is 24.1. The number of carboxylic acids is 1. The zero-order valence-electron chi connectivity index (χ0n) is 13.0. The molecule has 0 spiro atoms. The summed E-state index contributed by atoms with van der Waals surface area (Å²) < 4.78 is 1.80. The molecule has 0 atom stereocenters. The Morgan fingerprint density at radius 2 is 2.00 bits per heavy atom. The zero-order valence-corrected chi connectivity index (χ0v) is 13.8. The van der Waals surface area contributed by atoms with Crippen LogP contribution >= 0.6 is 11.8 Å². The highest BCUT2D eigenvalue weighted by Gasteiger charge is 2.17. The number of nitrogens with zero attached hydrogens (tertiary/aromatic N) is 4. The van der Waals surface area contributed by atoms with Gasteiger partial charge in [-0.2, -0.15) is 0 Å². The van der Waals surface area contributed by atoms with Crippen LogP contribution in [-0.4, -0.2) is 55.5 Å². The van der Waals surface area contributed by atoms with Crippen LogP contribution in [-0.2, 0) is 9.59 Å². The van der Waals surface area contributed by atoms with Gasteiger partial charge in [0.05, 0.1) is 5.75 Å². The summed E-state index contributed by atoms with van der Waals surface area (Å²) in [7, 11) is 0. The van der Waals surface area contributed by atoms with Crippen LogP contribution in [0, 0.1) is 6.92 Å². The number of rotatable bonds is 7. The van der Waals surface area contributed by atoms with Gasteiger partial charge in [0.2, 0.25) is 5.91 Å². The number of aromatic nitrogens is 3. The molecule has 0 fully saturated rings. The molecule has 0 aliphatic heterocycles. The van der Waals surface area contributed by atoms with E-state index in [0.29, 0.717) is 11.7 Å². The number of likely N-dealkylation sites (N-methyl/N-ethyl adjacent to an activating group) is 1. The van der Waals surface area contributed by atoms with E-state index in [1.54, 1.807) is 17.8 Å². The Bertz CT molecular complexity index is 684. The van der Waals surface area contributed by atoms with Gasteiger partial charge in [-0.25, -0.2) is 0 Å². The van der Waals surface area contributed by atoms with Crippen molar-refractivity contribution in [3.05, 3.63) is 36.2 Å². The van der Waals surface area contributed by atoms with Crippen molar-refractivity contribution < 1.29 is 14.7 Å². The summed E-state index contributed by atoms with van der Waals surface area (Å²) in [5.74, 6) is -1.14. The summed E-state index contributed by atoms with van der Waals surface area (Å²) in [5.41, 5.74) is 2.06. The lowest BCUT2D eigenvalue weighted by Gasteiger charge is -2.18. The fraction of sp³-hybridized carbons (Fsp3) is 0.333. The Balaban J connectivity index is 2.04. The monoisotopic (exact) mass is 334 g/mol. The highest BCUT2D eigenvalue weighted by Crippen LogP contribution is 2.20. The van der Waals surface area contributed by atoms with Crippen molar-refractivity contribution in [2.24, 2.45) is 0 Å². The molecular weight excluding hydrogens is 316 g/mol.